The maximum atomic E-state index is 10.6. The minimum atomic E-state index is -0.783. The Bertz CT molecular complexity index is 408. The van der Waals surface area contributed by atoms with Gasteiger partial charge < -0.3 is 9.84 Å². The zero-order valence-electron chi connectivity index (χ0n) is 11.3. The molecule has 1 aromatic carbocycles. The molecule has 1 aliphatic rings. The number of methoxy groups -OCH3 is 1. The lowest BCUT2D eigenvalue weighted by Crippen LogP contribution is -2.36. The molecule has 1 saturated heterocycles. The van der Waals surface area contributed by atoms with Gasteiger partial charge in [-0.05, 0) is 24.0 Å². The second-order valence-electron chi connectivity index (χ2n) is 5.10. The Balaban J connectivity index is 1.84. The zero-order chi connectivity index (χ0) is 13.7. The molecule has 4 nitrogen and oxygen atoms in total. The summed E-state index contributed by atoms with van der Waals surface area (Å²) >= 11 is 0. The molecule has 0 unspecified atom stereocenters. The second kappa shape index (κ2) is 6.68. The lowest BCUT2D eigenvalue weighted by atomic mass is 10.1. The molecule has 0 aromatic heterocycles. The van der Waals surface area contributed by atoms with Crippen molar-refractivity contribution < 1.29 is 14.6 Å². The van der Waals surface area contributed by atoms with E-state index in [4.69, 9.17) is 9.84 Å². The lowest BCUT2D eigenvalue weighted by molar-refractivity contribution is -0.136. The Hall–Kier alpha value is -1.39. The van der Waals surface area contributed by atoms with Crippen molar-refractivity contribution >= 4 is 5.97 Å². The monoisotopic (exact) mass is 263 g/mol. The van der Waals surface area contributed by atoms with E-state index >= 15 is 0 Å². The van der Waals surface area contributed by atoms with Gasteiger partial charge in [0.25, 0.3) is 0 Å². The first-order valence-corrected chi connectivity index (χ1v) is 6.72. The first-order valence-electron chi connectivity index (χ1n) is 6.72. The van der Waals surface area contributed by atoms with Crippen LogP contribution < -0.4 is 0 Å². The average molecular weight is 263 g/mol. The Morgan fingerprint density at radius 1 is 1.26 bits per heavy atom. The number of carboxylic acid groups (broad SMARTS) is 1. The number of nitrogens with zero attached hydrogens (tertiary/aromatic N) is 1. The van der Waals surface area contributed by atoms with E-state index in [0.717, 1.165) is 38.0 Å². The highest BCUT2D eigenvalue weighted by Gasteiger charge is 2.18. The molecule has 1 fully saturated rings. The van der Waals surface area contributed by atoms with Crippen LogP contribution in [0.3, 0.4) is 0 Å². The minimum Gasteiger partial charge on any atom is -0.481 e. The SMILES string of the molecule is COC1CCN(Cc2ccc(CC(=O)O)cc2)CC1. The zero-order valence-corrected chi connectivity index (χ0v) is 11.3. The third-order valence-corrected chi connectivity index (χ3v) is 3.65. The van der Waals surface area contributed by atoms with Gasteiger partial charge in [0, 0.05) is 26.7 Å². The van der Waals surface area contributed by atoms with Gasteiger partial charge in [-0.1, -0.05) is 24.3 Å². The molecule has 1 aliphatic heterocycles. The highest BCUT2D eigenvalue weighted by molar-refractivity contribution is 5.70. The summed E-state index contributed by atoms with van der Waals surface area (Å²) in [6.07, 6.45) is 2.69. The summed E-state index contributed by atoms with van der Waals surface area (Å²) in [5.74, 6) is -0.783. The van der Waals surface area contributed by atoms with Gasteiger partial charge in [0.2, 0.25) is 0 Å². The van der Waals surface area contributed by atoms with Gasteiger partial charge in [0.05, 0.1) is 12.5 Å². The van der Waals surface area contributed by atoms with Gasteiger partial charge in [0.15, 0.2) is 0 Å². The Morgan fingerprint density at radius 2 is 1.84 bits per heavy atom. The first-order chi connectivity index (χ1) is 9.17. The number of carboxylic acids is 1. The van der Waals surface area contributed by atoms with E-state index in [1.807, 2.05) is 24.3 Å². The van der Waals surface area contributed by atoms with Crippen LogP contribution in [-0.4, -0.2) is 42.3 Å². The van der Waals surface area contributed by atoms with Gasteiger partial charge in [0.1, 0.15) is 0 Å². The Labute approximate surface area is 114 Å². The van der Waals surface area contributed by atoms with Crippen LogP contribution >= 0.6 is 0 Å². The maximum Gasteiger partial charge on any atom is 0.307 e. The van der Waals surface area contributed by atoms with E-state index in [1.54, 1.807) is 7.11 Å². The Morgan fingerprint density at radius 3 is 2.37 bits per heavy atom. The molecule has 4 heteroatoms. The van der Waals surface area contributed by atoms with E-state index in [0.29, 0.717) is 6.10 Å². The van der Waals surface area contributed by atoms with Crippen molar-refractivity contribution in [2.75, 3.05) is 20.2 Å². The normalized spacial score (nSPS) is 17.5. The number of hydrogen-bond donors (Lipinski definition) is 1. The van der Waals surface area contributed by atoms with Crippen molar-refractivity contribution in [1.82, 2.24) is 4.90 Å². The van der Waals surface area contributed by atoms with E-state index in [-0.39, 0.29) is 6.42 Å². The molecular formula is C15H21NO3. The van der Waals surface area contributed by atoms with Crippen molar-refractivity contribution in [2.45, 2.75) is 31.9 Å². The fourth-order valence-electron chi connectivity index (χ4n) is 2.50. The van der Waals surface area contributed by atoms with Gasteiger partial charge in [-0.15, -0.1) is 0 Å². The summed E-state index contributed by atoms with van der Waals surface area (Å²) in [6.45, 7) is 3.06. The molecule has 104 valence electrons. The van der Waals surface area contributed by atoms with Crippen molar-refractivity contribution in [3.8, 4) is 0 Å². The highest BCUT2D eigenvalue weighted by atomic mass is 16.5. The third-order valence-electron chi connectivity index (χ3n) is 3.65. The third kappa shape index (κ3) is 4.33. The van der Waals surface area contributed by atoms with Crippen LogP contribution in [0.5, 0.6) is 0 Å². The quantitative estimate of drug-likeness (QED) is 0.882. The Kier molecular flexibility index (Phi) is 4.93. The standard InChI is InChI=1S/C15H21NO3/c1-19-14-6-8-16(9-7-14)11-13-4-2-12(3-5-13)10-15(17)18/h2-5,14H,6-11H2,1H3,(H,17,18). The van der Waals surface area contributed by atoms with Gasteiger partial charge in [-0.2, -0.15) is 0 Å². The molecular weight excluding hydrogens is 242 g/mol. The molecule has 0 radical (unpaired) electrons. The van der Waals surface area contributed by atoms with Crippen LogP contribution in [0.4, 0.5) is 0 Å². The molecule has 0 aliphatic carbocycles. The van der Waals surface area contributed by atoms with Gasteiger partial charge >= 0.3 is 5.97 Å². The summed E-state index contributed by atoms with van der Waals surface area (Å²) in [5.41, 5.74) is 2.10. The van der Waals surface area contributed by atoms with Crippen molar-refractivity contribution in [2.24, 2.45) is 0 Å². The smallest absolute Gasteiger partial charge is 0.307 e. The lowest BCUT2D eigenvalue weighted by Gasteiger charge is -2.31. The van der Waals surface area contributed by atoms with Crippen LogP contribution in [0.25, 0.3) is 0 Å². The number of rotatable bonds is 5. The molecule has 1 N–H and O–H groups in total. The fourth-order valence-corrected chi connectivity index (χ4v) is 2.50. The summed E-state index contributed by atoms with van der Waals surface area (Å²) in [5, 5.41) is 8.73. The summed E-state index contributed by atoms with van der Waals surface area (Å²) in [7, 11) is 1.78. The minimum absolute atomic E-state index is 0.0967. The highest BCUT2D eigenvalue weighted by Crippen LogP contribution is 2.16. The number of ether oxygens (including phenoxy) is 1. The number of carbonyl (C=O) groups is 1. The number of aliphatic carboxylic acids is 1. The number of hydrogen-bond acceptors (Lipinski definition) is 3. The van der Waals surface area contributed by atoms with Crippen LogP contribution in [0.2, 0.25) is 0 Å². The number of likely N-dealkylation sites (tertiary alicyclic amines) is 1. The van der Waals surface area contributed by atoms with Crippen LogP contribution in [-0.2, 0) is 22.5 Å². The number of benzene rings is 1. The number of piperidine rings is 1. The summed E-state index contributed by atoms with van der Waals surface area (Å²) < 4.78 is 5.36. The molecule has 0 bridgehead atoms. The van der Waals surface area contributed by atoms with Gasteiger partial charge in [-0.3, -0.25) is 9.69 Å². The van der Waals surface area contributed by atoms with E-state index in [1.165, 1.54) is 5.56 Å². The summed E-state index contributed by atoms with van der Waals surface area (Å²) in [6, 6.07) is 7.87. The fraction of sp³-hybridized carbons (Fsp3) is 0.533. The van der Waals surface area contributed by atoms with E-state index < -0.39 is 5.97 Å². The average Bonchev–Trinajstić information content (AvgIpc) is 2.41. The van der Waals surface area contributed by atoms with Crippen LogP contribution in [0.1, 0.15) is 24.0 Å². The summed E-state index contributed by atoms with van der Waals surface area (Å²) in [4.78, 5) is 13.0. The molecule has 1 aromatic rings. The van der Waals surface area contributed by atoms with Crippen molar-refractivity contribution in [3.05, 3.63) is 35.4 Å². The van der Waals surface area contributed by atoms with E-state index in [9.17, 15) is 4.79 Å². The van der Waals surface area contributed by atoms with Gasteiger partial charge in [-0.25, -0.2) is 0 Å². The van der Waals surface area contributed by atoms with Crippen LogP contribution in [0, 0.1) is 0 Å². The molecule has 19 heavy (non-hydrogen) atoms. The molecule has 0 atom stereocenters. The maximum absolute atomic E-state index is 10.6. The van der Waals surface area contributed by atoms with Crippen molar-refractivity contribution in [1.29, 1.82) is 0 Å². The molecule has 1 heterocycles. The molecule has 2 rings (SSSR count). The largest absolute Gasteiger partial charge is 0.481 e. The first kappa shape index (κ1) is 14.0. The molecule has 0 amide bonds. The van der Waals surface area contributed by atoms with Crippen molar-refractivity contribution in [3.63, 3.8) is 0 Å². The predicted molar refractivity (Wildman–Crippen MR) is 73.1 cm³/mol. The second-order valence-corrected chi connectivity index (χ2v) is 5.10. The topological polar surface area (TPSA) is 49.8 Å². The molecule has 0 saturated carbocycles. The van der Waals surface area contributed by atoms with E-state index in [2.05, 4.69) is 4.90 Å². The predicted octanol–water partition coefficient (Wildman–Crippen LogP) is 1.92. The van der Waals surface area contributed by atoms with Crippen LogP contribution in [0.15, 0.2) is 24.3 Å². The molecule has 0 spiro atoms.